The lowest BCUT2D eigenvalue weighted by Gasteiger charge is -2.07. The van der Waals surface area contributed by atoms with Crippen LogP contribution >= 0.6 is 11.6 Å². The zero-order valence-electron chi connectivity index (χ0n) is 9.87. The van der Waals surface area contributed by atoms with Gasteiger partial charge in [0.05, 0.1) is 0 Å². The van der Waals surface area contributed by atoms with Gasteiger partial charge in [0.2, 0.25) is 0 Å². The van der Waals surface area contributed by atoms with Gasteiger partial charge in [0, 0.05) is 24.5 Å². The highest BCUT2D eigenvalue weighted by Crippen LogP contribution is 2.10. The lowest BCUT2D eigenvalue weighted by atomic mass is 10.1. The predicted molar refractivity (Wildman–Crippen MR) is 72.7 cm³/mol. The summed E-state index contributed by atoms with van der Waals surface area (Å²) in [5.41, 5.74) is 1.68. The van der Waals surface area contributed by atoms with E-state index in [2.05, 4.69) is 22.5 Å². The highest BCUT2D eigenvalue weighted by atomic mass is 35.5. The first-order valence-corrected chi connectivity index (χ1v) is 6.06. The van der Waals surface area contributed by atoms with Crippen molar-refractivity contribution in [3.8, 4) is 11.8 Å². The van der Waals surface area contributed by atoms with E-state index in [1.165, 1.54) is 0 Å². The van der Waals surface area contributed by atoms with Gasteiger partial charge < -0.3 is 15.7 Å². The molecule has 5 heteroatoms. The summed E-state index contributed by atoms with van der Waals surface area (Å²) in [6.07, 6.45) is 0.541. The molecule has 0 heterocycles. The number of nitrogens with one attached hydrogen (secondary N) is 2. The fraction of sp³-hybridized carbons (Fsp3) is 0.308. The SMILES string of the molecule is O=C(NCCCl)Nc1cccc(CC#CCO)c1. The number of rotatable bonds is 4. The quantitative estimate of drug-likeness (QED) is 0.572. The van der Waals surface area contributed by atoms with E-state index in [9.17, 15) is 4.79 Å². The first-order chi connectivity index (χ1) is 8.76. The molecule has 0 saturated carbocycles. The van der Waals surface area contributed by atoms with Crippen molar-refractivity contribution in [2.75, 3.05) is 24.3 Å². The molecule has 0 bridgehead atoms. The molecule has 2 amide bonds. The number of aliphatic hydroxyl groups excluding tert-OH is 1. The second-order valence-electron chi connectivity index (χ2n) is 3.46. The lowest BCUT2D eigenvalue weighted by Crippen LogP contribution is -2.30. The Balaban J connectivity index is 2.56. The molecule has 0 saturated heterocycles. The van der Waals surface area contributed by atoms with Gasteiger partial charge in [0.25, 0.3) is 0 Å². The van der Waals surface area contributed by atoms with Crippen molar-refractivity contribution in [1.82, 2.24) is 5.32 Å². The Morgan fingerprint density at radius 3 is 2.94 bits per heavy atom. The molecule has 3 N–H and O–H groups in total. The van der Waals surface area contributed by atoms with E-state index in [4.69, 9.17) is 16.7 Å². The number of hydrogen-bond donors (Lipinski definition) is 3. The van der Waals surface area contributed by atoms with E-state index in [0.717, 1.165) is 5.56 Å². The summed E-state index contributed by atoms with van der Waals surface area (Å²) < 4.78 is 0. The van der Waals surface area contributed by atoms with E-state index in [1.807, 2.05) is 18.2 Å². The zero-order chi connectivity index (χ0) is 13.2. The smallest absolute Gasteiger partial charge is 0.319 e. The molecule has 96 valence electrons. The molecule has 0 radical (unpaired) electrons. The van der Waals surface area contributed by atoms with Crippen molar-refractivity contribution in [2.24, 2.45) is 0 Å². The normalized spacial score (nSPS) is 9.22. The topological polar surface area (TPSA) is 61.4 Å². The van der Waals surface area contributed by atoms with Crippen molar-refractivity contribution in [3.63, 3.8) is 0 Å². The molecular formula is C13H15ClN2O2. The number of halogens is 1. The molecule has 0 aliphatic heterocycles. The Hall–Kier alpha value is -1.70. The van der Waals surface area contributed by atoms with Crippen LogP contribution in [-0.2, 0) is 6.42 Å². The Morgan fingerprint density at radius 2 is 2.22 bits per heavy atom. The fourth-order valence-corrected chi connectivity index (χ4v) is 1.41. The summed E-state index contributed by atoms with van der Waals surface area (Å²) in [5.74, 6) is 5.78. The van der Waals surface area contributed by atoms with Gasteiger partial charge in [-0.1, -0.05) is 24.0 Å². The molecule has 0 aliphatic rings. The monoisotopic (exact) mass is 266 g/mol. The average Bonchev–Trinajstić information content (AvgIpc) is 2.37. The molecule has 0 aromatic heterocycles. The van der Waals surface area contributed by atoms with Gasteiger partial charge in [-0.3, -0.25) is 0 Å². The summed E-state index contributed by atoms with van der Waals surface area (Å²) in [4.78, 5) is 11.4. The molecule has 1 aromatic carbocycles. The van der Waals surface area contributed by atoms with Crippen LogP contribution in [0.2, 0.25) is 0 Å². The molecule has 0 aliphatic carbocycles. The third kappa shape index (κ3) is 5.58. The molecule has 1 aromatic rings. The molecule has 0 atom stereocenters. The van der Waals surface area contributed by atoms with Gasteiger partial charge in [0.1, 0.15) is 6.61 Å². The van der Waals surface area contributed by atoms with Crippen LogP contribution in [0.4, 0.5) is 10.5 Å². The van der Waals surface area contributed by atoms with E-state index in [1.54, 1.807) is 6.07 Å². The van der Waals surface area contributed by atoms with Gasteiger partial charge in [-0.05, 0) is 17.7 Å². The van der Waals surface area contributed by atoms with Crippen LogP contribution in [0.5, 0.6) is 0 Å². The average molecular weight is 267 g/mol. The molecule has 0 unspecified atom stereocenters. The van der Waals surface area contributed by atoms with Gasteiger partial charge in [0.15, 0.2) is 0 Å². The molecule has 0 spiro atoms. The van der Waals surface area contributed by atoms with E-state index in [0.29, 0.717) is 24.5 Å². The zero-order valence-corrected chi connectivity index (χ0v) is 10.6. The first-order valence-electron chi connectivity index (χ1n) is 5.52. The van der Waals surface area contributed by atoms with Gasteiger partial charge in [-0.15, -0.1) is 11.6 Å². The van der Waals surface area contributed by atoms with Crippen LogP contribution in [-0.4, -0.2) is 30.2 Å². The second-order valence-corrected chi connectivity index (χ2v) is 3.84. The highest BCUT2D eigenvalue weighted by molar-refractivity contribution is 6.18. The number of urea groups is 1. The van der Waals surface area contributed by atoms with Crippen LogP contribution in [0.15, 0.2) is 24.3 Å². The Kier molecular flexibility index (Phi) is 6.70. The minimum atomic E-state index is -0.283. The minimum absolute atomic E-state index is 0.140. The summed E-state index contributed by atoms with van der Waals surface area (Å²) in [5, 5.41) is 13.9. The Morgan fingerprint density at radius 1 is 1.39 bits per heavy atom. The van der Waals surface area contributed by atoms with Crippen LogP contribution in [0.1, 0.15) is 5.56 Å². The van der Waals surface area contributed by atoms with Crippen LogP contribution in [0.25, 0.3) is 0 Å². The van der Waals surface area contributed by atoms with E-state index in [-0.39, 0.29) is 12.6 Å². The molecule has 1 rings (SSSR count). The Bertz CT molecular complexity index is 452. The summed E-state index contributed by atoms with van der Waals surface area (Å²) in [6.45, 7) is 0.286. The van der Waals surface area contributed by atoms with Crippen molar-refractivity contribution in [2.45, 2.75) is 6.42 Å². The molecular weight excluding hydrogens is 252 g/mol. The van der Waals surface area contributed by atoms with Gasteiger partial charge in [-0.25, -0.2) is 4.79 Å². The standard InChI is InChI=1S/C13H15ClN2O2/c14-7-8-15-13(18)16-12-6-3-5-11(10-12)4-1-2-9-17/h3,5-6,10,17H,4,7-9H2,(H2,15,16,18). The highest BCUT2D eigenvalue weighted by Gasteiger charge is 2.00. The largest absolute Gasteiger partial charge is 0.384 e. The third-order valence-corrected chi connectivity index (χ3v) is 2.25. The van der Waals surface area contributed by atoms with Crippen molar-refractivity contribution >= 4 is 23.3 Å². The molecule has 18 heavy (non-hydrogen) atoms. The van der Waals surface area contributed by atoms with Crippen LogP contribution < -0.4 is 10.6 Å². The van der Waals surface area contributed by atoms with Gasteiger partial charge >= 0.3 is 6.03 Å². The first kappa shape index (κ1) is 14.4. The van der Waals surface area contributed by atoms with Crippen molar-refractivity contribution in [1.29, 1.82) is 0 Å². The van der Waals surface area contributed by atoms with Gasteiger partial charge in [-0.2, -0.15) is 0 Å². The summed E-state index contributed by atoms with van der Waals surface area (Å²) >= 11 is 5.47. The third-order valence-electron chi connectivity index (χ3n) is 2.06. The number of carbonyl (C=O) groups excluding carboxylic acids is 1. The van der Waals surface area contributed by atoms with E-state index < -0.39 is 0 Å². The number of hydrogen-bond acceptors (Lipinski definition) is 2. The van der Waals surface area contributed by atoms with E-state index >= 15 is 0 Å². The number of alkyl halides is 1. The number of benzene rings is 1. The van der Waals surface area contributed by atoms with Crippen LogP contribution in [0, 0.1) is 11.8 Å². The van der Waals surface area contributed by atoms with Crippen LogP contribution in [0.3, 0.4) is 0 Å². The predicted octanol–water partition coefficient (Wildman–Crippen LogP) is 1.59. The van der Waals surface area contributed by atoms with Crippen molar-refractivity contribution in [3.05, 3.63) is 29.8 Å². The number of aliphatic hydroxyl groups is 1. The summed E-state index contributed by atoms with van der Waals surface area (Å²) in [7, 11) is 0. The number of carbonyl (C=O) groups is 1. The fourth-order valence-electron chi connectivity index (χ4n) is 1.32. The molecule has 0 fully saturated rings. The maximum Gasteiger partial charge on any atom is 0.319 e. The maximum atomic E-state index is 11.4. The number of amides is 2. The summed E-state index contributed by atoms with van der Waals surface area (Å²) in [6, 6.07) is 7.10. The molecule has 4 nitrogen and oxygen atoms in total. The lowest BCUT2D eigenvalue weighted by molar-refractivity contribution is 0.252. The maximum absolute atomic E-state index is 11.4. The van der Waals surface area contributed by atoms with Crippen molar-refractivity contribution < 1.29 is 9.90 Å². The number of anilines is 1. The minimum Gasteiger partial charge on any atom is -0.384 e. The Labute approximate surface area is 111 Å². The second kappa shape index (κ2) is 8.40.